The van der Waals surface area contributed by atoms with Crippen LogP contribution in [0, 0.1) is 0 Å². The Kier molecular flexibility index (Phi) is 2.18. The summed E-state index contributed by atoms with van der Waals surface area (Å²) in [5.41, 5.74) is 0.765. The average molecular weight is 190 g/mol. The van der Waals surface area contributed by atoms with Gasteiger partial charge in [-0.1, -0.05) is 0 Å². The number of hydrogen-bond acceptors (Lipinski definition) is 4. The first-order valence-corrected chi connectivity index (χ1v) is 4.38. The van der Waals surface area contributed by atoms with Crippen LogP contribution in [0.5, 0.6) is 11.6 Å². The van der Waals surface area contributed by atoms with Gasteiger partial charge >= 0.3 is 0 Å². The largest absolute Gasteiger partial charge is 0.508 e. The lowest BCUT2D eigenvalue weighted by Crippen LogP contribution is -1.95. The SMILES string of the molecule is CCOc1ncnc2ccc(O)cc12. The molecule has 1 heterocycles. The standard InChI is InChI=1S/C10H10N2O2/c1-2-14-10-8-5-7(13)3-4-9(8)11-6-12-10/h3-6,13H,2H2,1H3. The zero-order valence-corrected chi connectivity index (χ0v) is 7.77. The van der Waals surface area contributed by atoms with Crippen molar-refractivity contribution in [1.29, 1.82) is 0 Å². The molecule has 1 aromatic heterocycles. The number of phenols is 1. The van der Waals surface area contributed by atoms with E-state index in [1.54, 1.807) is 18.2 Å². The van der Waals surface area contributed by atoms with Crippen LogP contribution < -0.4 is 4.74 Å². The molecule has 0 atom stereocenters. The van der Waals surface area contributed by atoms with Crippen molar-refractivity contribution in [2.75, 3.05) is 6.61 Å². The lowest BCUT2D eigenvalue weighted by Gasteiger charge is -2.04. The molecule has 0 aliphatic carbocycles. The van der Waals surface area contributed by atoms with Crippen molar-refractivity contribution in [1.82, 2.24) is 9.97 Å². The monoisotopic (exact) mass is 190 g/mol. The van der Waals surface area contributed by atoms with E-state index in [-0.39, 0.29) is 5.75 Å². The number of phenolic OH excluding ortho intramolecular Hbond substituents is 1. The van der Waals surface area contributed by atoms with Crippen LogP contribution in [-0.2, 0) is 0 Å². The summed E-state index contributed by atoms with van der Waals surface area (Å²) in [7, 11) is 0. The molecule has 0 amide bonds. The van der Waals surface area contributed by atoms with Crippen LogP contribution in [0.15, 0.2) is 24.5 Å². The molecule has 0 spiro atoms. The Morgan fingerprint density at radius 2 is 2.21 bits per heavy atom. The van der Waals surface area contributed by atoms with Gasteiger partial charge in [0.2, 0.25) is 5.88 Å². The van der Waals surface area contributed by atoms with Gasteiger partial charge in [-0.05, 0) is 25.1 Å². The van der Waals surface area contributed by atoms with Crippen LogP contribution in [0.4, 0.5) is 0 Å². The topological polar surface area (TPSA) is 55.2 Å². The number of aromatic hydroxyl groups is 1. The maximum atomic E-state index is 9.31. The molecule has 0 fully saturated rings. The number of fused-ring (bicyclic) bond motifs is 1. The van der Waals surface area contributed by atoms with Gasteiger partial charge < -0.3 is 9.84 Å². The Bertz CT molecular complexity index is 457. The quantitative estimate of drug-likeness (QED) is 0.783. The summed E-state index contributed by atoms with van der Waals surface area (Å²) in [6.45, 7) is 2.43. The Balaban J connectivity index is 2.64. The maximum Gasteiger partial charge on any atom is 0.224 e. The van der Waals surface area contributed by atoms with Crippen molar-refractivity contribution in [2.45, 2.75) is 6.92 Å². The molecule has 0 radical (unpaired) electrons. The third kappa shape index (κ3) is 1.46. The second kappa shape index (κ2) is 3.49. The molecular formula is C10H10N2O2. The molecule has 0 aliphatic heterocycles. The van der Waals surface area contributed by atoms with Crippen molar-refractivity contribution in [2.24, 2.45) is 0 Å². The highest BCUT2D eigenvalue weighted by molar-refractivity contribution is 5.84. The summed E-state index contributed by atoms with van der Waals surface area (Å²) in [4.78, 5) is 8.06. The predicted molar refractivity (Wildman–Crippen MR) is 52.4 cm³/mol. The molecule has 0 unspecified atom stereocenters. The molecule has 1 aromatic carbocycles. The number of benzene rings is 1. The maximum absolute atomic E-state index is 9.31. The molecule has 2 aromatic rings. The lowest BCUT2D eigenvalue weighted by molar-refractivity contribution is 0.330. The van der Waals surface area contributed by atoms with Crippen LogP contribution in [0.2, 0.25) is 0 Å². The number of aromatic nitrogens is 2. The Labute approximate surface area is 81.2 Å². The van der Waals surface area contributed by atoms with E-state index in [9.17, 15) is 5.11 Å². The molecule has 4 heteroatoms. The van der Waals surface area contributed by atoms with Gasteiger partial charge in [0.15, 0.2) is 0 Å². The van der Waals surface area contributed by atoms with E-state index in [2.05, 4.69) is 9.97 Å². The van der Waals surface area contributed by atoms with Crippen LogP contribution in [0.25, 0.3) is 10.9 Å². The fourth-order valence-electron chi connectivity index (χ4n) is 1.27. The third-order valence-electron chi connectivity index (χ3n) is 1.86. The smallest absolute Gasteiger partial charge is 0.224 e. The van der Waals surface area contributed by atoms with Crippen LogP contribution in [0.1, 0.15) is 6.92 Å². The van der Waals surface area contributed by atoms with Gasteiger partial charge in [0.05, 0.1) is 17.5 Å². The zero-order valence-electron chi connectivity index (χ0n) is 7.77. The Morgan fingerprint density at radius 3 is 3.00 bits per heavy atom. The van der Waals surface area contributed by atoms with E-state index < -0.39 is 0 Å². The highest BCUT2D eigenvalue weighted by atomic mass is 16.5. The van der Waals surface area contributed by atoms with Crippen molar-refractivity contribution in [3.63, 3.8) is 0 Å². The first-order valence-electron chi connectivity index (χ1n) is 4.38. The minimum Gasteiger partial charge on any atom is -0.508 e. The van der Waals surface area contributed by atoms with E-state index in [4.69, 9.17) is 4.74 Å². The molecule has 14 heavy (non-hydrogen) atoms. The predicted octanol–water partition coefficient (Wildman–Crippen LogP) is 1.73. The number of rotatable bonds is 2. The van der Waals surface area contributed by atoms with Gasteiger partial charge in [-0.2, -0.15) is 0 Å². The van der Waals surface area contributed by atoms with E-state index in [0.29, 0.717) is 12.5 Å². The van der Waals surface area contributed by atoms with Crippen LogP contribution in [0.3, 0.4) is 0 Å². The van der Waals surface area contributed by atoms with Gasteiger partial charge in [-0.3, -0.25) is 0 Å². The second-order valence-electron chi connectivity index (χ2n) is 2.81. The molecule has 0 saturated carbocycles. The molecule has 0 aliphatic rings. The zero-order chi connectivity index (χ0) is 9.97. The van der Waals surface area contributed by atoms with Gasteiger partial charge in [0, 0.05) is 0 Å². The minimum absolute atomic E-state index is 0.188. The van der Waals surface area contributed by atoms with Crippen LogP contribution >= 0.6 is 0 Å². The summed E-state index contributed by atoms with van der Waals surface area (Å²) in [6, 6.07) is 4.92. The van der Waals surface area contributed by atoms with Crippen molar-refractivity contribution in [3.05, 3.63) is 24.5 Å². The molecular weight excluding hydrogens is 180 g/mol. The van der Waals surface area contributed by atoms with Gasteiger partial charge in [0.1, 0.15) is 12.1 Å². The number of ether oxygens (including phenoxy) is 1. The first kappa shape index (κ1) is 8.74. The van der Waals surface area contributed by atoms with Crippen molar-refractivity contribution >= 4 is 10.9 Å². The van der Waals surface area contributed by atoms with Crippen molar-refractivity contribution in [3.8, 4) is 11.6 Å². The Hall–Kier alpha value is -1.84. The first-order chi connectivity index (χ1) is 6.81. The van der Waals surface area contributed by atoms with E-state index >= 15 is 0 Å². The Morgan fingerprint density at radius 1 is 1.36 bits per heavy atom. The molecule has 4 nitrogen and oxygen atoms in total. The number of nitrogens with zero attached hydrogens (tertiary/aromatic N) is 2. The fraction of sp³-hybridized carbons (Fsp3) is 0.200. The van der Waals surface area contributed by atoms with Gasteiger partial charge in [-0.15, -0.1) is 0 Å². The van der Waals surface area contributed by atoms with Gasteiger partial charge in [-0.25, -0.2) is 9.97 Å². The summed E-state index contributed by atoms with van der Waals surface area (Å²) in [5.74, 6) is 0.696. The van der Waals surface area contributed by atoms with E-state index in [0.717, 1.165) is 10.9 Å². The summed E-state index contributed by atoms with van der Waals surface area (Å²) in [6.07, 6.45) is 1.45. The highest BCUT2D eigenvalue weighted by Gasteiger charge is 2.04. The third-order valence-corrected chi connectivity index (χ3v) is 1.86. The van der Waals surface area contributed by atoms with Crippen LogP contribution in [-0.4, -0.2) is 21.7 Å². The summed E-state index contributed by atoms with van der Waals surface area (Å²) in [5, 5.41) is 10.0. The summed E-state index contributed by atoms with van der Waals surface area (Å²) < 4.78 is 5.31. The normalized spacial score (nSPS) is 10.4. The van der Waals surface area contributed by atoms with Gasteiger partial charge in [0.25, 0.3) is 0 Å². The average Bonchev–Trinajstić information content (AvgIpc) is 2.19. The second-order valence-corrected chi connectivity index (χ2v) is 2.81. The molecule has 0 saturated heterocycles. The highest BCUT2D eigenvalue weighted by Crippen LogP contribution is 2.24. The number of hydrogen-bond donors (Lipinski definition) is 1. The fourth-order valence-corrected chi connectivity index (χ4v) is 1.27. The molecule has 72 valence electrons. The van der Waals surface area contributed by atoms with Crippen molar-refractivity contribution < 1.29 is 9.84 Å². The minimum atomic E-state index is 0.188. The molecule has 0 bridgehead atoms. The lowest BCUT2D eigenvalue weighted by atomic mass is 10.2. The summed E-state index contributed by atoms with van der Waals surface area (Å²) >= 11 is 0. The van der Waals surface area contributed by atoms with E-state index in [1.807, 2.05) is 6.92 Å². The van der Waals surface area contributed by atoms with E-state index in [1.165, 1.54) is 6.33 Å². The molecule has 1 N–H and O–H groups in total. The molecule has 2 rings (SSSR count).